The van der Waals surface area contributed by atoms with E-state index >= 15 is 0 Å². The molecule has 2 heterocycles. The molecule has 0 bridgehead atoms. The minimum Gasteiger partial charge on any atom is -0.344 e. The highest BCUT2D eigenvalue weighted by Crippen LogP contribution is 2.38. The van der Waals surface area contributed by atoms with Crippen LogP contribution in [0.25, 0.3) is 0 Å². The molecule has 4 rings (SSSR count). The number of carbonyl (C=O) groups is 1. The fraction of sp³-hybridized carbons (Fsp3) is 0.350. The average molecular weight is 399 g/mol. The third-order valence-electron chi connectivity index (χ3n) is 4.62. The highest BCUT2D eigenvalue weighted by molar-refractivity contribution is 7.99. The van der Waals surface area contributed by atoms with Gasteiger partial charge >= 0.3 is 0 Å². The molecule has 1 atom stereocenters. The maximum Gasteiger partial charge on any atom is 0.231 e. The van der Waals surface area contributed by atoms with Gasteiger partial charge in [-0.3, -0.25) is 4.79 Å². The van der Waals surface area contributed by atoms with E-state index in [0.29, 0.717) is 11.8 Å². The monoisotopic (exact) mass is 398 g/mol. The molecule has 5 nitrogen and oxygen atoms in total. The van der Waals surface area contributed by atoms with Crippen molar-refractivity contribution in [3.63, 3.8) is 0 Å². The molecule has 27 heavy (non-hydrogen) atoms. The number of hydrogen-bond acceptors (Lipinski definition) is 5. The van der Waals surface area contributed by atoms with Gasteiger partial charge in [0.25, 0.3) is 0 Å². The Hall–Kier alpha value is -2.12. The molecule has 1 amide bonds. The molecule has 1 aliphatic carbocycles. The second-order valence-electron chi connectivity index (χ2n) is 6.85. The van der Waals surface area contributed by atoms with Gasteiger partial charge in [-0.25, -0.2) is 0 Å². The van der Waals surface area contributed by atoms with Crippen molar-refractivity contribution in [2.75, 3.05) is 5.75 Å². The standard InChI is InChI=1S/C20H22N4OS2/c1-13-5-7-15(8-6-13)19(17-4-3-11-26-17)21-18(25)12-27-20-23-22-14(2)24(20)16-9-10-16/h3-8,11,16,19H,9-10,12H2,1-2H3,(H,21,25)/t19-/m1/s1. The van der Waals surface area contributed by atoms with E-state index in [1.165, 1.54) is 30.2 Å². The number of amides is 1. The first-order valence-corrected chi connectivity index (χ1v) is 10.9. The largest absolute Gasteiger partial charge is 0.344 e. The Bertz CT molecular complexity index is 914. The highest BCUT2D eigenvalue weighted by Gasteiger charge is 2.28. The van der Waals surface area contributed by atoms with Crippen molar-refractivity contribution in [2.45, 2.75) is 43.9 Å². The van der Waals surface area contributed by atoms with Gasteiger partial charge in [-0.2, -0.15) is 0 Å². The Morgan fingerprint density at radius 2 is 2.04 bits per heavy atom. The Kier molecular flexibility index (Phi) is 5.31. The molecule has 3 aromatic rings. The van der Waals surface area contributed by atoms with E-state index in [9.17, 15) is 4.79 Å². The first kappa shape index (κ1) is 18.3. The Labute approximate surface area is 167 Å². The first-order chi connectivity index (χ1) is 13.1. The van der Waals surface area contributed by atoms with E-state index in [0.717, 1.165) is 21.4 Å². The number of thioether (sulfide) groups is 1. The van der Waals surface area contributed by atoms with Gasteiger partial charge in [0, 0.05) is 10.9 Å². The van der Waals surface area contributed by atoms with Crippen molar-refractivity contribution < 1.29 is 4.79 Å². The van der Waals surface area contributed by atoms with Crippen LogP contribution in [0.2, 0.25) is 0 Å². The number of rotatable bonds is 7. The van der Waals surface area contributed by atoms with E-state index in [-0.39, 0.29) is 11.9 Å². The lowest BCUT2D eigenvalue weighted by atomic mass is 10.0. The van der Waals surface area contributed by atoms with E-state index in [4.69, 9.17) is 0 Å². The summed E-state index contributed by atoms with van der Waals surface area (Å²) in [7, 11) is 0. The molecule has 1 aromatic carbocycles. The number of hydrogen-bond donors (Lipinski definition) is 1. The van der Waals surface area contributed by atoms with Crippen molar-refractivity contribution in [3.05, 3.63) is 63.6 Å². The lowest BCUT2D eigenvalue weighted by molar-refractivity contribution is -0.119. The third-order valence-corrected chi connectivity index (χ3v) is 6.50. The first-order valence-electron chi connectivity index (χ1n) is 9.05. The molecule has 1 saturated carbocycles. The zero-order valence-corrected chi connectivity index (χ0v) is 17.0. The summed E-state index contributed by atoms with van der Waals surface area (Å²) in [6, 6.07) is 12.8. The Balaban J connectivity index is 1.45. The summed E-state index contributed by atoms with van der Waals surface area (Å²) in [5.74, 6) is 1.26. The molecule has 0 radical (unpaired) electrons. The van der Waals surface area contributed by atoms with Gasteiger partial charge in [-0.05, 0) is 43.7 Å². The lowest BCUT2D eigenvalue weighted by Gasteiger charge is -2.18. The van der Waals surface area contributed by atoms with E-state index in [2.05, 4.69) is 57.3 Å². The van der Waals surface area contributed by atoms with Crippen LogP contribution in [0.1, 0.15) is 46.8 Å². The number of nitrogens with zero attached hydrogens (tertiary/aromatic N) is 3. The molecular weight excluding hydrogens is 376 g/mol. The molecule has 1 fully saturated rings. The molecular formula is C20H22N4OS2. The molecule has 0 spiro atoms. The summed E-state index contributed by atoms with van der Waals surface area (Å²) in [5, 5.41) is 14.5. The summed E-state index contributed by atoms with van der Waals surface area (Å²) in [5.41, 5.74) is 2.30. The molecule has 1 N–H and O–H groups in total. The normalized spacial score (nSPS) is 14.9. The van der Waals surface area contributed by atoms with Crippen LogP contribution in [0, 0.1) is 13.8 Å². The number of benzene rings is 1. The summed E-state index contributed by atoms with van der Waals surface area (Å²) < 4.78 is 2.16. The van der Waals surface area contributed by atoms with Crippen LogP contribution in [0.5, 0.6) is 0 Å². The lowest BCUT2D eigenvalue weighted by Crippen LogP contribution is -2.30. The number of carbonyl (C=O) groups excluding carboxylic acids is 1. The quantitative estimate of drug-likeness (QED) is 0.603. The molecule has 1 aliphatic rings. The topological polar surface area (TPSA) is 59.8 Å². The predicted octanol–water partition coefficient (Wildman–Crippen LogP) is 4.29. The van der Waals surface area contributed by atoms with Crippen LogP contribution in [0.3, 0.4) is 0 Å². The van der Waals surface area contributed by atoms with Crippen molar-refractivity contribution in [1.29, 1.82) is 0 Å². The summed E-state index contributed by atoms with van der Waals surface area (Å²) in [6.45, 7) is 4.04. The van der Waals surface area contributed by atoms with E-state index < -0.39 is 0 Å². The van der Waals surface area contributed by atoms with Crippen molar-refractivity contribution >= 4 is 29.0 Å². The molecule has 7 heteroatoms. The van der Waals surface area contributed by atoms with Crippen molar-refractivity contribution in [2.24, 2.45) is 0 Å². The van der Waals surface area contributed by atoms with Crippen LogP contribution in [-0.4, -0.2) is 26.4 Å². The van der Waals surface area contributed by atoms with Gasteiger partial charge in [0.1, 0.15) is 5.82 Å². The fourth-order valence-electron chi connectivity index (χ4n) is 3.07. The predicted molar refractivity (Wildman–Crippen MR) is 109 cm³/mol. The number of aromatic nitrogens is 3. The maximum atomic E-state index is 12.7. The SMILES string of the molecule is Cc1ccc([C@@H](NC(=O)CSc2nnc(C)n2C2CC2)c2cccs2)cc1. The molecule has 0 aliphatic heterocycles. The van der Waals surface area contributed by atoms with Crippen LogP contribution >= 0.6 is 23.1 Å². The van der Waals surface area contributed by atoms with Gasteiger partial charge < -0.3 is 9.88 Å². The molecule has 0 unspecified atom stereocenters. The second kappa shape index (κ2) is 7.86. The third kappa shape index (κ3) is 4.25. The number of nitrogens with one attached hydrogen (secondary N) is 1. The molecule has 0 saturated heterocycles. The Morgan fingerprint density at radius 3 is 2.70 bits per heavy atom. The van der Waals surface area contributed by atoms with E-state index in [1.807, 2.05) is 18.4 Å². The second-order valence-corrected chi connectivity index (χ2v) is 8.77. The summed E-state index contributed by atoms with van der Waals surface area (Å²) >= 11 is 3.12. The maximum absolute atomic E-state index is 12.7. The van der Waals surface area contributed by atoms with Crippen LogP contribution in [-0.2, 0) is 4.79 Å². The van der Waals surface area contributed by atoms with Crippen LogP contribution in [0.4, 0.5) is 0 Å². The number of thiophene rings is 1. The smallest absolute Gasteiger partial charge is 0.231 e. The summed E-state index contributed by atoms with van der Waals surface area (Å²) in [6.07, 6.45) is 2.35. The molecule has 140 valence electrons. The van der Waals surface area contributed by atoms with Crippen molar-refractivity contribution in [3.8, 4) is 0 Å². The van der Waals surface area contributed by atoms with Crippen LogP contribution in [0.15, 0.2) is 46.9 Å². The summed E-state index contributed by atoms with van der Waals surface area (Å²) in [4.78, 5) is 13.8. The zero-order chi connectivity index (χ0) is 18.8. The minimum atomic E-state index is -0.123. The number of aryl methyl sites for hydroxylation is 2. The zero-order valence-electron chi connectivity index (χ0n) is 15.4. The highest BCUT2D eigenvalue weighted by atomic mass is 32.2. The van der Waals surface area contributed by atoms with Gasteiger partial charge in [0.2, 0.25) is 5.91 Å². The van der Waals surface area contributed by atoms with Gasteiger partial charge in [-0.15, -0.1) is 21.5 Å². The van der Waals surface area contributed by atoms with E-state index in [1.54, 1.807) is 11.3 Å². The minimum absolute atomic E-state index is 0.00183. The fourth-order valence-corrected chi connectivity index (χ4v) is 4.73. The van der Waals surface area contributed by atoms with Crippen LogP contribution < -0.4 is 5.32 Å². The Morgan fingerprint density at radius 1 is 1.26 bits per heavy atom. The molecule has 2 aromatic heterocycles. The average Bonchev–Trinajstić information content (AvgIpc) is 3.21. The van der Waals surface area contributed by atoms with Gasteiger partial charge in [0.15, 0.2) is 5.16 Å². The van der Waals surface area contributed by atoms with Gasteiger partial charge in [-0.1, -0.05) is 47.7 Å². The van der Waals surface area contributed by atoms with Gasteiger partial charge in [0.05, 0.1) is 11.8 Å². The van der Waals surface area contributed by atoms with Crippen molar-refractivity contribution in [1.82, 2.24) is 20.1 Å².